The summed E-state index contributed by atoms with van der Waals surface area (Å²) in [4.78, 5) is 4.17. The lowest BCUT2D eigenvalue weighted by atomic mass is 10.1. The molecule has 0 bridgehead atoms. The van der Waals surface area contributed by atoms with Crippen molar-refractivity contribution in [2.45, 2.75) is 20.3 Å². The topological polar surface area (TPSA) is 12.9 Å². The van der Waals surface area contributed by atoms with Crippen molar-refractivity contribution < 1.29 is 0 Å². The highest BCUT2D eigenvalue weighted by molar-refractivity contribution is 7.07. The maximum Gasteiger partial charge on any atom is 0.0794 e. The average Bonchev–Trinajstić information content (AvgIpc) is 2.15. The van der Waals surface area contributed by atoms with Gasteiger partial charge in [-0.2, -0.15) is 0 Å². The first-order chi connectivity index (χ1) is 4.29. The van der Waals surface area contributed by atoms with Crippen LogP contribution in [0.3, 0.4) is 0 Å². The van der Waals surface area contributed by atoms with Gasteiger partial charge in [0.15, 0.2) is 0 Å². The van der Waals surface area contributed by atoms with Crippen molar-refractivity contribution in [1.29, 1.82) is 0 Å². The lowest BCUT2D eigenvalue weighted by Gasteiger charge is -1.97. The second kappa shape index (κ2) is 2.97. The Bertz CT molecular complexity index is 155. The molecular formula is C7H11NS. The van der Waals surface area contributed by atoms with E-state index in [-0.39, 0.29) is 0 Å². The van der Waals surface area contributed by atoms with Gasteiger partial charge >= 0.3 is 0 Å². The minimum Gasteiger partial charge on any atom is -0.250 e. The summed E-state index contributed by atoms with van der Waals surface area (Å²) in [6.45, 7) is 4.42. The van der Waals surface area contributed by atoms with E-state index >= 15 is 0 Å². The van der Waals surface area contributed by atoms with Crippen LogP contribution in [0.2, 0.25) is 0 Å². The van der Waals surface area contributed by atoms with E-state index in [2.05, 4.69) is 24.2 Å². The maximum atomic E-state index is 4.17. The summed E-state index contributed by atoms with van der Waals surface area (Å²) in [6.07, 6.45) is 1.11. The molecule has 0 saturated carbocycles. The normalized spacial score (nSPS) is 10.6. The molecule has 0 N–H and O–H groups in total. The fourth-order valence-corrected chi connectivity index (χ4v) is 1.33. The first-order valence-electron chi connectivity index (χ1n) is 3.16. The second-order valence-corrected chi connectivity index (χ2v) is 3.30. The third kappa shape index (κ3) is 2.14. The largest absolute Gasteiger partial charge is 0.250 e. The minimum atomic E-state index is 0.729. The summed E-state index contributed by atoms with van der Waals surface area (Å²) in [5.41, 5.74) is 3.12. The van der Waals surface area contributed by atoms with Crippen LogP contribution in [-0.4, -0.2) is 4.98 Å². The first kappa shape index (κ1) is 6.75. The molecule has 1 rings (SSSR count). The van der Waals surface area contributed by atoms with Crippen LogP contribution < -0.4 is 0 Å². The van der Waals surface area contributed by atoms with Gasteiger partial charge in [-0.05, 0) is 12.3 Å². The molecule has 0 amide bonds. The molecule has 50 valence electrons. The summed E-state index contributed by atoms with van der Waals surface area (Å²) >= 11 is 1.67. The molecule has 0 aliphatic heterocycles. The molecule has 0 atom stereocenters. The Morgan fingerprint density at radius 3 is 2.89 bits per heavy atom. The smallest absolute Gasteiger partial charge is 0.0794 e. The van der Waals surface area contributed by atoms with Crippen LogP contribution in [0.15, 0.2) is 10.9 Å². The maximum absolute atomic E-state index is 4.17. The molecule has 0 aromatic carbocycles. The van der Waals surface area contributed by atoms with Crippen LogP contribution in [0.1, 0.15) is 19.5 Å². The first-order valence-corrected chi connectivity index (χ1v) is 4.10. The number of thiazole rings is 1. The van der Waals surface area contributed by atoms with Crippen molar-refractivity contribution in [2.75, 3.05) is 0 Å². The average molecular weight is 141 g/mol. The third-order valence-corrected chi connectivity index (χ3v) is 1.74. The third-order valence-electron chi connectivity index (χ3n) is 1.10. The Morgan fingerprint density at radius 2 is 2.44 bits per heavy atom. The van der Waals surface area contributed by atoms with Gasteiger partial charge in [-0.25, -0.2) is 4.98 Å². The Kier molecular flexibility index (Phi) is 2.22. The molecule has 1 heterocycles. The Hall–Kier alpha value is -0.370. The predicted octanol–water partition coefficient (Wildman–Crippen LogP) is 2.34. The van der Waals surface area contributed by atoms with Gasteiger partial charge in [0.1, 0.15) is 0 Å². The molecule has 0 aliphatic rings. The molecule has 1 aromatic rings. The molecule has 0 spiro atoms. The van der Waals surface area contributed by atoms with Crippen LogP contribution in [0.5, 0.6) is 0 Å². The number of rotatable bonds is 2. The summed E-state index contributed by atoms with van der Waals surface area (Å²) in [5, 5.41) is 2.11. The van der Waals surface area contributed by atoms with Crippen molar-refractivity contribution in [3.63, 3.8) is 0 Å². The van der Waals surface area contributed by atoms with Crippen LogP contribution in [0.25, 0.3) is 0 Å². The number of nitrogens with zero attached hydrogens (tertiary/aromatic N) is 1. The van der Waals surface area contributed by atoms with Crippen LogP contribution in [-0.2, 0) is 6.42 Å². The zero-order valence-corrected chi connectivity index (χ0v) is 6.61. The van der Waals surface area contributed by atoms with E-state index in [1.54, 1.807) is 11.3 Å². The molecule has 1 nitrogen and oxygen atoms in total. The molecule has 2 heteroatoms. The molecule has 0 aliphatic carbocycles. The minimum absolute atomic E-state index is 0.729. The zero-order chi connectivity index (χ0) is 6.69. The van der Waals surface area contributed by atoms with Crippen molar-refractivity contribution in [3.05, 3.63) is 16.6 Å². The molecule has 1 aromatic heterocycles. The fourth-order valence-electron chi connectivity index (χ4n) is 0.757. The summed E-state index contributed by atoms with van der Waals surface area (Å²) in [5.74, 6) is 0.729. The summed E-state index contributed by atoms with van der Waals surface area (Å²) in [7, 11) is 0. The van der Waals surface area contributed by atoms with E-state index in [4.69, 9.17) is 0 Å². The molecule has 9 heavy (non-hydrogen) atoms. The van der Waals surface area contributed by atoms with Gasteiger partial charge in [0.25, 0.3) is 0 Å². The van der Waals surface area contributed by atoms with Gasteiger partial charge in [0, 0.05) is 5.38 Å². The zero-order valence-electron chi connectivity index (χ0n) is 5.79. The molecular weight excluding hydrogens is 130 g/mol. The van der Waals surface area contributed by atoms with Crippen molar-refractivity contribution in [3.8, 4) is 0 Å². The van der Waals surface area contributed by atoms with Crippen molar-refractivity contribution in [2.24, 2.45) is 5.92 Å². The Morgan fingerprint density at radius 1 is 1.67 bits per heavy atom. The van der Waals surface area contributed by atoms with Gasteiger partial charge in [0.2, 0.25) is 0 Å². The van der Waals surface area contributed by atoms with Crippen molar-refractivity contribution in [1.82, 2.24) is 4.98 Å². The number of hydrogen-bond donors (Lipinski definition) is 0. The van der Waals surface area contributed by atoms with E-state index in [0.717, 1.165) is 12.3 Å². The van der Waals surface area contributed by atoms with Gasteiger partial charge in [-0.15, -0.1) is 11.3 Å². The lowest BCUT2D eigenvalue weighted by Crippen LogP contribution is -1.92. The monoisotopic (exact) mass is 141 g/mol. The van der Waals surface area contributed by atoms with Crippen LogP contribution >= 0.6 is 11.3 Å². The number of aromatic nitrogens is 1. The van der Waals surface area contributed by atoms with Gasteiger partial charge in [-0.1, -0.05) is 13.8 Å². The Labute approximate surface area is 59.8 Å². The molecule has 0 unspecified atom stereocenters. The quantitative estimate of drug-likeness (QED) is 0.616. The molecule has 0 radical (unpaired) electrons. The second-order valence-electron chi connectivity index (χ2n) is 2.58. The highest BCUT2D eigenvalue weighted by Crippen LogP contribution is 2.06. The standard InChI is InChI=1S/C7H11NS/c1-6(2)3-7-4-9-5-8-7/h4-6H,3H2,1-2H3. The van der Waals surface area contributed by atoms with Crippen LogP contribution in [0, 0.1) is 5.92 Å². The summed E-state index contributed by atoms with van der Waals surface area (Å²) < 4.78 is 0. The van der Waals surface area contributed by atoms with Gasteiger partial charge < -0.3 is 0 Å². The highest BCUT2D eigenvalue weighted by atomic mass is 32.1. The van der Waals surface area contributed by atoms with E-state index in [1.165, 1.54) is 5.69 Å². The number of hydrogen-bond acceptors (Lipinski definition) is 2. The predicted molar refractivity (Wildman–Crippen MR) is 40.7 cm³/mol. The van der Waals surface area contributed by atoms with Gasteiger partial charge in [0.05, 0.1) is 11.2 Å². The van der Waals surface area contributed by atoms with E-state index < -0.39 is 0 Å². The highest BCUT2D eigenvalue weighted by Gasteiger charge is 1.97. The SMILES string of the molecule is CC(C)Cc1cscn1. The van der Waals surface area contributed by atoms with E-state index in [9.17, 15) is 0 Å². The van der Waals surface area contributed by atoms with Crippen LogP contribution in [0.4, 0.5) is 0 Å². The molecule has 0 fully saturated rings. The fraction of sp³-hybridized carbons (Fsp3) is 0.571. The van der Waals surface area contributed by atoms with Gasteiger partial charge in [-0.3, -0.25) is 0 Å². The van der Waals surface area contributed by atoms with E-state index in [1.807, 2.05) is 5.51 Å². The van der Waals surface area contributed by atoms with E-state index in [0.29, 0.717) is 0 Å². The van der Waals surface area contributed by atoms with Crippen molar-refractivity contribution >= 4 is 11.3 Å². The lowest BCUT2D eigenvalue weighted by molar-refractivity contribution is 0.638. The molecule has 0 saturated heterocycles. The summed E-state index contributed by atoms with van der Waals surface area (Å²) in [6, 6.07) is 0. The Balaban J connectivity index is 2.48.